The van der Waals surface area contributed by atoms with E-state index in [1.165, 1.54) is 49.2 Å². The van der Waals surface area contributed by atoms with Crippen LogP contribution in [0.2, 0.25) is 0 Å². The van der Waals surface area contributed by atoms with E-state index in [9.17, 15) is 0 Å². The van der Waals surface area contributed by atoms with E-state index in [2.05, 4.69) is 217 Å². The molecule has 11 aromatic rings. The molecule has 2 nitrogen and oxygen atoms in total. The van der Waals surface area contributed by atoms with Gasteiger partial charge in [0.05, 0.1) is 0 Å². The monoisotopic (exact) mass is 713 g/mol. The first-order chi connectivity index (χ1) is 27.7. The maximum Gasteiger partial charge on any atom is 0.143 e. The molecule has 0 saturated carbocycles. The van der Waals surface area contributed by atoms with Gasteiger partial charge in [-0.1, -0.05) is 158 Å². The number of anilines is 3. The minimum absolute atomic E-state index is 0.894. The summed E-state index contributed by atoms with van der Waals surface area (Å²) in [7, 11) is 0. The van der Waals surface area contributed by atoms with Crippen molar-refractivity contribution in [2.45, 2.75) is 0 Å². The highest BCUT2D eigenvalue weighted by Gasteiger charge is 2.18. The Labute approximate surface area is 325 Å². The highest BCUT2D eigenvalue weighted by molar-refractivity contribution is 6.19. The SMILES string of the molecule is c1ccc(-c2ccc(N(c3ccc(-c4ccc5c(ccc6ccccc65)c4)cc3)c3cccc(-c4cccc5oc6c7ccccc7ccc6c45)c3)cc2)cc1. The van der Waals surface area contributed by atoms with Crippen molar-refractivity contribution >= 4 is 71.3 Å². The molecule has 0 aliphatic heterocycles. The third-order valence-corrected chi connectivity index (χ3v) is 11.2. The molecule has 11 rings (SSSR count). The Bertz CT molecular complexity index is 3230. The fourth-order valence-electron chi connectivity index (χ4n) is 8.48. The summed E-state index contributed by atoms with van der Waals surface area (Å²) in [4.78, 5) is 2.36. The summed E-state index contributed by atoms with van der Waals surface area (Å²) in [5.41, 5.74) is 12.1. The lowest BCUT2D eigenvalue weighted by Crippen LogP contribution is -2.10. The van der Waals surface area contributed by atoms with Gasteiger partial charge in [-0.15, -0.1) is 0 Å². The standard InChI is InChI=1S/C54H35NO/c1-2-10-36(11-3-1)37-22-28-44(29-23-37)55(45-30-24-38(25-31-45)41-27-32-48-43(34-41)21-20-39-12-4-6-16-47(39)48)46-15-8-14-42(35-46)49-18-9-19-52-53(49)51-33-26-40-13-5-7-17-50(40)54(51)56-52/h1-35H. The van der Waals surface area contributed by atoms with Gasteiger partial charge < -0.3 is 9.32 Å². The van der Waals surface area contributed by atoms with E-state index in [1.54, 1.807) is 0 Å². The summed E-state index contributed by atoms with van der Waals surface area (Å²) < 4.78 is 6.57. The van der Waals surface area contributed by atoms with Gasteiger partial charge in [0.25, 0.3) is 0 Å². The first-order valence-corrected chi connectivity index (χ1v) is 19.2. The van der Waals surface area contributed by atoms with Crippen molar-refractivity contribution in [2.24, 2.45) is 0 Å². The van der Waals surface area contributed by atoms with Crippen LogP contribution in [0.25, 0.3) is 87.6 Å². The van der Waals surface area contributed by atoms with Crippen LogP contribution in [-0.4, -0.2) is 0 Å². The Morgan fingerprint density at radius 1 is 0.304 bits per heavy atom. The third-order valence-electron chi connectivity index (χ3n) is 11.2. The summed E-state index contributed by atoms with van der Waals surface area (Å²) in [5.74, 6) is 0. The molecule has 0 unspecified atom stereocenters. The topological polar surface area (TPSA) is 16.4 Å². The van der Waals surface area contributed by atoms with Crippen LogP contribution in [0.1, 0.15) is 0 Å². The molecule has 56 heavy (non-hydrogen) atoms. The Balaban J connectivity index is 1.02. The van der Waals surface area contributed by atoms with Crippen LogP contribution in [0.5, 0.6) is 0 Å². The second kappa shape index (κ2) is 13.2. The van der Waals surface area contributed by atoms with Crippen LogP contribution in [0, 0.1) is 0 Å². The molecule has 0 aliphatic carbocycles. The Hall–Kier alpha value is -7.42. The number of hydrogen-bond acceptors (Lipinski definition) is 2. The largest absolute Gasteiger partial charge is 0.455 e. The van der Waals surface area contributed by atoms with E-state index in [0.29, 0.717) is 0 Å². The number of rotatable bonds is 6. The number of nitrogens with zero attached hydrogens (tertiary/aromatic N) is 1. The van der Waals surface area contributed by atoms with E-state index < -0.39 is 0 Å². The van der Waals surface area contributed by atoms with Crippen LogP contribution in [0.3, 0.4) is 0 Å². The minimum atomic E-state index is 0.894. The zero-order chi connectivity index (χ0) is 37.0. The summed E-state index contributed by atoms with van der Waals surface area (Å²) in [6.07, 6.45) is 0. The maximum atomic E-state index is 6.57. The van der Waals surface area contributed by atoms with Gasteiger partial charge in [-0.2, -0.15) is 0 Å². The predicted octanol–water partition coefficient (Wildman–Crippen LogP) is 15.5. The molecule has 1 heterocycles. The zero-order valence-corrected chi connectivity index (χ0v) is 30.6. The van der Waals surface area contributed by atoms with Crippen molar-refractivity contribution in [3.8, 4) is 33.4 Å². The van der Waals surface area contributed by atoms with E-state index >= 15 is 0 Å². The first kappa shape index (κ1) is 32.0. The molecule has 0 radical (unpaired) electrons. The lowest BCUT2D eigenvalue weighted by Gasteiger charge is -2.26. The van der Waals surface area contributed by atoms with Crippen LogP contribution in [0.4, 0.5) is 17.1 Å². The highest BCUT2D eigenvalue weighted by atomic mass is 16.3. The summed E-state index contributed by atoms with van der Waals surface area (Å²) >= 11 is 0. The maximum absolute atomic E-state index is 6.57. The average Bonchev–Trinajstić information content (AvgIpc) is 3.67. The second-order valence-electron chi connectivity index (χ2n) is 14.5. The molecule has 262 valence electrons. The Morgan fingerprint density at radius 2 is 0.857 bits per heavy atom. The van der Waals surface area contributed by atoms with Crippen molar-refractivity contribution in [2.75, 3.05) is 4.90 Å². The smallest absolute Gasteiger partial charge is 0.143 e. The summed E-state index contributed by atoms with van der Waals surface area (Å²) in [5, 5.41) is 9.65. The number of hydrogen-bond donors (Lipinski definition) is 0. The summed E-state index contributed by atoms with van der Waals surface area (Å²) in [6, 6.07) is 76.4. The van der Waals surface area contributed by atoms with Crippen molar-refractivity contribution in [3.05, 3.63) is 212 Å². The van der Waals surface area contributed by atoms with Crippen LogP contribution < -0.4 is 4.90 Å². The van der Waals surface area contributed by atoms with Gasteiger partial charge in [-0.05, 0) is 115 Å². The lowest BCUT2D eigenvalue weighted by molar-refractivity contribution is 0.673. The molecule has 1 aromatic heterocycles. The molecule has 0 bridgehead atoms. The Kier molecular flexibility index (Phi) is 7.53. The molecule has 10 aromatic carbocycles. The van der Waals surface area contributed by atoms with E-state index in [1.807, 2.05) is 0 Å². The summed E-state index contributed by atoms with van der Waals surface area (Å²) in [6.45, 7) is 0. The van der Waals surface area contributed by atoms with Crippen LogP contribution >= 0.6 is 0 Å². The van der Waals surface area contributed by atoms with Gasteiger partial charge in [0.1, 0.15) is 11.2 Å². The van der Waals surface area contributed by atoms with Gasteiger partial charge >= 0.3 is 0 Å². The molecule has 0 spiro atoms. The molecular formula is C54H35NO. The van der Waals surface area contributed by atoms with Gasteiger partial charge in [0, 0.05) is 33.2 Å². The third kappa shape index (κ3) is 5.42. The molecular weight excluding hydrogens is 679 g/mol. The fourth-order valence-corrected chi connectivity index (χ4v) is 8.48. The van der Waals surface area contributed by atoms with Gasteiger partial charge in [-0.25, -0.2) is 0 Å². The predicted molar refractivity (Wildman–Crippen MR) is 237 cm³/mol. The van der Waals surface area contributed by atoms with Crippen molar-refractivity contribution in [1.82, 2.24) is 0 Å². The molecule has 0 aliphatic rings. The molecule has 2 heteroatoms. The second-order valence-corrected chi connectivity index (χ2v) is 14.5. The van der Waals surface area contributed by atoms with Crippen LogP contribution in [-0.2, 0) is 0 Å². The normalized spacial score (nSPS) is 11.6. The van der Waals surface area contributed by atoms with Gasteiger partial charge in [0.15, 0.2) is 0 Å². The lowest BCUT2D eigenvalue weighted by atomic mass is 9.97. The molecule has 0 fully saturated rings. The van der Waals surface area contributed by atoms with Crippen molar-refractivity contribution < 1.29 is 4.42 Å². The van der Waals surface area contributed by atoms with Crippen LogP contribution in [0.15, 0.2) is 217 Å². The molecule has 0 N–H and O–H groups in total. The first-order valence-electron chi connectivity index (χ1n) is 19.2. The highest BCUT2D eigenvalue weighted by Crippen LogP contribution is 2.43. The minimum Gasteiger partial charge on any atom is -0.455 e. The Morgan fingerprint density at radius 3 is 1.64 bits per heavy atom. The number of benzene rings is 10. The number of fused-ring (bicyclic) bond motifs is 8. The van der Waals surface area contributed by atoms with Crippen molar-refractivity contribution in [3.63, 3.8) is 0 Å². The van der Waals surface area contributed by atoms with E-state index in [4.69, 9.17) is 4.42 Å². The van der Waals surface area contributed by atoms with E-state index in [-0.39, 0.29) is 0 Å². The molecule has 0 amide bonds. The quantitative estimate of drug-likeness (QED) is 0.160. The van der Waals surface area contributed by atoms with Gasteiger partial charge in [-0.3, -0.25) is 0 Å². The molecule has 0 atom stereocenters. The number of furan rings is 1. The van der Waals surface area contributed by atoms with Gasteiger partial charge in [0.2, 0.25) is 0 Å². The fraction of sp³-hybridized carbons (Fsp3) is 0. The van der Waals surface area contributed by atoms with Crippen molar-refractivity contribution in [1.29, 1.82) is 0 Å². The average molecular weight is 714 g/mol. The van der Waals surface area contributed by atoms with E-state index in [0.717, 1.165) is 55.5 Å². The zero-order valence-electron chi connectivity index (χ0n) is 30.6. The molecule has 0 saturated heterocycles.